The maximum atomic E-state index is 13.3. The van der Waals surface area contributed by atoms with Gasteiger partial charge in [0, 0.05) is 38.5 Å². The van der Waals surface area contributed by atoms with Crippen molar-refractivity contribution in [1.82, 2.24) is 29.5 Å². The van der Waals surface area contributed by atoms with Crippen LogP contribution < -0.4 is 21.5 Å². The Morgan fingerprint density at radius 1 is 1.18 bits per heavy atom. The average molecular weight is 517 g/mol. The molecule has 1 aliphatic carbocycles. The number of carbonyl (C=O) groups excluding carboxylic acids is 1. The molecule has 2 fully saturated rings. The second-order valence-electron chi connectivity index (χ2n) is 9.41. The lowest BCUT2D eigenvalue weighted by Gasteiger charge is -2.35. The van der Waals surface area contributed by atoms with Gasteiger partial charge in [-0.2, -0.15) is 9.61 Å². The molecule has 4 aromatic heterocycles. The van der Waals surface area contributed by atoms with Crippen molar-refractivity contribution in [1.29, 1.82) is 0 Å². The first-order valence-electron chi connectivity index (χ1n) is 12.5. The van der Waals surface area contributed by atoms with Gasteiger partial charge in [0.1, 0.15) is 28.7 Å². The number of amides is 1. The number of aromatic nitrogens is 5. The van der Waals surface area contributed by atoms with Gasteiger partial charge in [0.15, 0.2) is 5.65 Å². The van der Waals surface area contributed by atoms with Gasteiger partial charge in [0.2, 0.25) is 0 Å². The summed E-state index contributed by atoms with van der Waals surface area (Å²) >= 11 is 0. The number of hydrogen-bond donors (Lipinski definition) is 3. The van der Waals surface area contributed by atoms with E-state index in [-0.39, 0.29) is 23.6 Å². The fourth-order valence-electron chi connectivity index (χ4n) is 4.65. The Morgan fingerprint density at radius 2 is 2.05 bits per heavy atom. The van der Waals surface area contributed by atoms with Crippen LogP contribution in [0.2, 0.25) is 0 Å². The highest BCUT2D eigenvalue weighted by Gasteiger charge is 2.33. The van der Waals surface area contributed by atoms with Crippen LogP contribution in [0.5, 0.6) is 0 Å². The van der Waals surface area contributed by atoms with Crippen molar-refractivity contribution in [2.45, 2.75) is 30.9 Å². The Labute approximate surface area is 218 Å². The van der Waals surface area contributed by atoms with Crippen molar-refractivity contribution < 1.29 is 14.3 Å². The maximum Gasteiger partial charge on any atom is 0.279 e. The van der Waals surface area contributed by atoms with E-state index in [0.29, 0.717) is 53.5 Å². The molecule has 0 aromatic carbocycles. The Bertz CT molecular complexity index is 1540. The van der Waals surface area contributed by atoms with Crippen molar-refractivity contribution in [3.05, 3.63) is 70.4 Å². The molecule has 0 unspecified atom stereocenters. The summed E-state index contributed by atoms with van der Waals surface area (Å²) in [6, 6.07) is 8.92. The number of anilines is 3. The van der Waals surface area contributed by atoms with Crippen LogP contribution in [0.4, 0.5) is 17.3 Å². The summed E-state index contributed by atoms with van der Waals surface area (Å²) in [6.45, 7) is 1.39. The van der Waals surface area contributed by atoms with E-state index in [1.807, 2.05) is 12.1 Å². The van der Waals surface area contributed by atoms with Crippen LogP contribution in [-0.4, -0.2) is 69.6 Å². The maximum absolute atomic E-state index is 13.3. The number of ether oxygens (including phenoxy) is 2. The molecule has 2 aliphatic rings. The van der Waals surface area contributed by atoms with E-state index in [1.54, 1.807) is 49.3 Å². The monoisotopic (exact) mass is 516 g/mol. The lowest BCUT2D eigenvalue weighted by atomic mass is 9.89. The molecule has 38 heavy (non-hydrogen) atoms. The molecule has 196 valence electrons. The molecular formula is C26H28N8O4. The fraction of sp³-hybridized carbons (Fsp3) is 0.346. The summed E-state index contributed by atoms with van der Waals surface area (Å²) in [7, 11) is 3.39. The first kappa shape index (κ1) is 24.1. The number of rotatable bonds is 8. The summed E-state index contributed by atoms with van der Waals surface area (Å²) < 4.78 is 13.7. The minimum Gasteiger partial charge on any atom is -0.380 e. The standard InChI is InChI=1S/C26H28N8O4/c1-27-23-10-21(32-24-17(12-29-34(23)24)25(35)31-18-6-7-20(18)37-2)30-19-4-3-9-33(26(19)36)22-8-5-15(11-28-22)16-13-38-14-16/h3-5,8-12,16,18,20,27H,6-7,13-14H2,1-2H3,(H,30,32)(H,31,35)/t18-,20-/m1/s1. The number of pyridine rings is 2. The van der Waals surface area contributed by atoms with E-state index in [1.165, 1.54) is 10.8 Å². The van der Waals surface area contributed by atoms with Crippen molar-refractivity contribution in [3.8, 4) is 5.82 Å². The Balaban J connectivity index is 1.29. The summed E-state index contributed by atoms with van der Waals surface area (Å²) in [6.07, 6.45) is 6.73. The highest BCUT2D eigenvalue weighted by molar-refractivity contribution is 6.00. The van der Waals surface area contributed by atoms with Gasteiger partial charge in [0.05, 0.1) is 31.6 Å². The Morgan fingerprint density at radius 3 is 2.71 bits per heavy atom. The third-order valence-corrected chi connectivity index (χ3v) is 7.14. The molecule has 1 saturated heterocycles. The number of methoxy groups -OCH3 is 1. The number of carbonyl (C=O) groups is 1. The molecule has 3 N–H and O–H groups in total. The highest BCUT2D eigenvalue weighted by atomic mass is 16.5. The smallest absolute Gasteiger partial charge is 0.279 e. The van der Waals surface area contributed by atoms with Crippen LogP contribution in [0.1, 0.15) is 34.7 Å². The molecule has 0 bridgehead atoms. The van der Waals surface area contributed by atoms with E-state index < -0.39 is 0 Å². The van der Waals surface area contributed by atoms with Crippen LogP contribution in [-0.2, 0) is 9.47 Å². The molecule has 5 heterocycles. The molecule has 4 aromatic rings. The lowest BCUT2D eigenvalue weighted by Crippen LogP contribution is -2.51. The SMILES string of the molecule is CNc1cc(Nc2cccn(-c3ccc(C4COC4)cn3)c2=O)nc2c(C(=O)N[C@@H]3CC[C@H]3OC)cnn12. The molecule has 0 spiro atoms. The first-order chi connectivity index (χ1) is 18.6. The highest BCUT2D eigenvalue weighted by Crippen LogP contribution is 2.25. The topological polar surface area (TPSA) is 137 Å². The van der Waals surface area contributed by atoms with Gasteiger partial charge >= 0.3 is 0 Å². The van der Waals surface area contributed by atoms with Gasteiger partial charge in [-0.3, -0.25) is 14.2 Å². The zero-order valence-corrected chi connectivity index (χ0v) is 21.0. The van der Waals surface area contributed by atoms with E-state index >= 15 is 0 Å². The fourth-order valence-corrected chi connectivity index (χ4v) is 4.65. The van der Waals surface area contributed by atoms with Gasteiger partial charge in [-0.25, -0.2) is 9.97 Å². The molecule has 0 radical (unpaired) electrons. The van der Waals surface area contributed by atoms with E-state index in [2.05, 4.69) is 31.0 Å². The Hall–Kier alpha value is -4.29. The van der Waals surface area contributed by atoms with Crippen LogP contribution >= 0.6 is 0 Å². The predicted octanol–water partition coefficient (Wildman–Crippen LogP) is 2.08. The molecule has 12 heteroatoms. The van der Waals surface area contributed by atoms with Gasteiger partial charge < -0.3 is 25.4 Å². The number of hydrogen-bond acceptors (Lipinski definition) is 9. The summed E-state index contributed by atoms with van der Waals surface area (Å²) in [5, 5.41) is 13.5. The predicted molar refractivity (Wildman–Crippen MR) is 140 cm³/mol. The minimum atomic E-state index is -0.283. The summed E-state index contributed by atoms with van der Waals surface area (Å²) in [5.74, 6) is 1.58. The number of fused-ring (bicyclic) bond motifs is 1. The number of nitrogens with zero attached hydrogens (tertiary/aromatic N) is 5. The molecule has 1 aliphatic heterocycles. The van der Waals surface area contributed by atoms with E-state index in [4.69, 9.17) is 9.47 Å². The van der Waals surface area contributed by atoms with Crippen LogP contribution in [0.15, 0.2) is 53.7 Å². The second-order valence-corrected chi connectivity index (χ2v) is 9.41. The molecule has 1 amide bonds. The van der Waals surface area contributed by atoms with Gasteiger partial charge in [-0.15, -0.1) is 0 Å². The van der Waals surface area contributed by atoms with E-state index in [0.717, 1.165) is 18.4 Å². The van der Waals surface area contributed by atoms with Gasteiger partial charge in [-0.1, -0.05) is 6.07 Å². The second kappa shape index (κ2) is 9.88. The zero-order chi connectivity index (χ0) is 26.2. The molecular weight excluding hydrogens is 488 g/mol. The van der Waals surface area contributed by atoms with Crippen LogP contribution in [0.3, 0.4) is 0 Å². The molecule has 12 nitrogen and oxygen atoms in total. The lowest BCUT2D eigenvalue weighted by molar-refractivity contribution is 0.00732. The van der Waals surface area contributed by atoms with Crippen molar-refractivity contribution >= 4 is 28.9 Å². The third kappa shape index (κ3) is 4.27. The molecule has 6 rings (SSSR count). The van der Waals surface area contributed by atoms with Crippen LogP contribution in [0.25, 0.3) is 11.5 Å². The average Bonchev–Trinajstić information content (AvgIpc) is 3.31. The molecule has 2 atom stereocenters. The summed E-state index contributed by atoms with van der Waals surface area (Å²) in [5.41, 5.74) is 1.81. The molecule has 1 saturated carbocycles. The van der Waals surface area contributed by atoms with Crippen molar-refractivity contribution in [3.63, 3.8) is 0 Å². The normalized spacial score (nSPS) is 19.0. The minimum absolute atomic E-state index is 0.0111. The largest absolute Gasteiger partial charge is 0.380 e. The van der Waals surface area contributed by atoms with E-state index in [9.17, 15) is 9.59 Å². The van der Waals surface area contributed by atoms with Crippen molar-refractivity contribution in [2.75, 3.05) is 38.0 Å². The van der Waals surface area contributed by atoms with Gasteiger partial charge in [0.25, 0.3) is 11.5 Å². The van der Waals surface area contributed by atoms with Crippen molar-refractivity contribution in [2.24, 2.45) is 0 Å². The van der Waals surface area contributed by atoms with Crippen LogP contribution in [0, 0.1) is 0 Å². The Kier molecular flexibility index (Phi) is 6.26. The third-order valence-electron chi connectivity index (χ3n) is 7.14. The first-order valence-corrected chi connectivity index (χ1v) is 12.5. The number of nitrogens with one attached hydrogen (secondary N) is 3. The quantitative estimate of drug-likeness (QED) is 0.321. The van der Waals surface area contributed by atoms with Gasteiger partial charge in [-0.05, 0) is 36.6 Å². The summed E-state index contributed by atoms with van der Waals surface area (Å²) in [4.78, 5) is 35.5. The zero-order valence-electron chi connectivity index (χ0n) is 21.0.